The van der Waals surface area contributed by atoms with Gasteiger partial charge in [-0.05, 0) is 52.2 Å². The first-order valence-electron chi connectivity index (χ1n) is 10.7. The third kappa shape index (κ3) is 7.25. The predicted octanol–water partition coefficient (Wildman–Crippen LogP) is 0.347. The summed E-state index contributed by atoms with van der Waals surface area (Å²) in [7, 11) is 3.97. The maximum Gasteiger partial charge on any atom is 0.237 e. The zero-order chi connectivity index (χ0) is 20.1. The maximum atomic E-state index is 13.0. The van der Waals surface area contributed by atoms with E-state index in [1.54, 1.807) is 0 Å². The van der Waals surface area contributed by atoms with E-state index in [1.165, 1.54) is 0 Å². The summed E-state index contributed by atoms with van der Waals surface area (Å²) in [5, 5.41) is 6.28. The van der Waals surface area contributed by atoms with Crippen LogP contribution in [0.25, 0.3) is 0 Å². The molecule has 3 heterocycles. The van der Waals surface area contributed by atoms with Crippen molar-refractivity contribution >= 4 is 42.5 Å². The van der Waals surface area contributed by atoms with E-state index in [0.717, 1.165) is 45.3 Å². The van der Waals surface area contributed by atoms with Crippen molar-refractivity contribution in [3.05, 3.63) is 0 Å². The summed E-state index contributed by atoms with van der Waals surface area (Å²) in [6, 6.07) is -0.0565. The van der Waals surface area contributed by atoms with Gasteiger partial charge in [0.2, 0.25) is 17.7 Å². The van der Waals surface area contributed by atoms with Gasteiger partial charge < -0.3 is 25.3 Å². The van der Waals surface area contributed by atoms with E-state index >= 15 is 0 Å². The van der Waals surface area contributed by atoms with Gasteiger partial charge >= 0.3 is 0 Å². The summed E-state index contributed by atoms with van der Waals surface area (Å²) < 4.78 is 0. The fourth-order valence-corrected chi connectivity index (χ4v) is 4.44. The predicted molar refractivity (Wildman–Crippen MR) is 121 cm³/mol. The Labute approximate surface area is 192 Å². The van der Waals surface area contributed by atoms with Crippen LogP contribution < -0.4 is 10.6 Å². The summed E-state index contributed by atoms with van der Waals surface area (Å²) in [5.74, 6) is 0.355. The fraction of sp³-hybridized carbons (Fsp3) is 0.850. The molecule has 0 aromatic carbocycles. The van der Waals surface area contributed by atoms with Crippen LogP contribution in [0, 0.1) is 11.8 Å². The number of nitrogens with one attached hydrogen (secondary N) is 2. The lowest BCUT2D eigenvalue weighted by Crippen LogP contribution is -2.48. The number of hydrogen-bond acceptors (Lipinski definition) is 5. The minimum absolute atomic E-state index is 0. The van der Waals surface area contributed by atoms with Crippen molar-refractivity contribution in [2.45, 2.75) is 38.1 Å². The quantitative estimate of drug-likeness (QED) is 0.566. The second-order valence-electron chi connectivity index (χ2n) is 8.73. The Morgan fingerprint density at radius 3 is 2.60 bits per heavy atom. The van der Waals surface area contributed by atoms with Crippen LogP contribution in [0.15, 0.2) is 0 Å². The molecule has 3 amide bonds. The van der Waals surface area contributed by atoms with Crippen molar-refractivity contribution in [3.63, 3.8) is 0 Å². The number of halogens is 2. The van der Waals surface area contributed by atoms with Crippen LogP contribution in [0.4, 0.5) is 0 Å². The van der Waals surface area contributed by atoms with Crippen LogP contribution in [0.3, 0.4) is 0 Å². The Morgan fingerprint density at radius 1 is 1.17 bits per heavy atom. The summed E-state index contributed by atoms with van der Waals surface area (Å²) in [5.41, 5.74) is 0. The maximum absolute atomic E-state index is 13.0. The number of amides is 3. The number of carbonyl (C=O) groups excluding carboxylic acids is 3. The monoisotopic (exact) mass is 465 g/mol. The number of likely N-dealkylation sites (tertiary alicyclic amines) is 2. The van der Waals surface area contributed by atoms with E-state index in [4.69, 9.17) is 0 Å². The minimum atomic E-state index is -0.217. The van der Waals surface area contributed by atoms with Gasteiger partial charge in [0.15, 0.2) is 0 Å². The van der Waals surface area contributed by atoms with Crippen LogP contribution in [0.2, 0.25) is 0 Å². The van der Waals surface area contributed by atoms with E-state index in [2.05, 4.69) is 10.6 Å². The molecule has 0 aromatic rings. The zero-order valence-corrected chi connectivity index (χ0v) is 19.7. The van der Waals surface area contributed by atoms with Crippen molar-refractivity contribution < 1.29 is 14.4 Å². The Bertz CT molecular complexity index is 587. The molecule has 30 heavy (non-hydrogen) atoms. The Kier molecular flexibility index (Phi) is 11.4. The Balaban J connectivity index is 0.00000225. The molecule has 0 aliphatic carbocycles. The molecule has 3 saturated heterocycles. The molecular weight excluding hydrogens is 429 g/mol. The molecule has 3 aliphatic heterocycles. The molecular formula is C20H37Cl2N5O3. The van der Waals surface area contributed by atoms with Gasteiger partial charge in [-0.25, -0.2) is 0 Å². The third-order valence-electron chi connectivity index (χ3n) is 6.15. The standard InChI is InChI=1S/C20H35N5O3.2ClH/c1-23(2)9-10-24-14-16(11-18(24)26)20(28)25-8-4-5-15(13-25)12-22-19(27)17-6-3-7-21-17;;/h15-17,21H,3-14H2,1-2H3,(H,22,27);2*1H. The summed E-state index contributed by atoms with van der Waals surface area (Å²) in [4.78, 5) is 43.2. The normalized spacial score (nSPS) is 26.4. The van der Waals surface area contributed by atoms with Gasteiger partial charge in [0.1, 0.15) is 0 Å². The summed E-state index contributed by atoms with van der Waals surface area (Å²) >= 11 is 0. The molecule has 3 unspecified atom stereocenters. The van der Waals surface area contributed by atoms with Gasteiger partial charge in [-0.2, -0.15) is 0 Å². The molecule has 8 nitrogen and oxygen atoms in total. The molecule has 3 rings (SSSR count). The van der Waals surface area contributed by atoms with Gasteiger partial charge in [0.05, 0.1) is 12.0 Å². The molecule has 0 aromatic heterocycles. The highest BCUT2D eigenvalue weighted by atomic mass is 35.5. The number of likely N-dealkylation sites (N-methyl/N-ethyl adjacent to an activating group) is 1. The van der Waals surface area contributed by atoms with Gasteiger partial charge in [-0.3, -0.25) is 14.4 Å². The summed E-state index contributed by atoms with van der Waals surface area (Å²) in [6.07, 6.45) is 4.27. The van der Waals surface area contributed by atoms with Gasteiger partial charge in [-0.1, -0.05) is 0 Å². The number of nitrogens with zero attached hydrogens (tertiary/aromatic N) is 3. The third-order valence-corrected chi connectivity index (χ3v) is 6.15. The van der Waals surface area contributed by atoms with Gasteiger partial charge in [-0.15, -0.1) is 24.8 Å². The molecule has 0 radical (unpaired) electrons. The lowest BCUT2D eigenvalue weighted by atomic mass is 9.96. The second kappa shape index (κ2) is 12.7. The van der Waals surface area contributed by atoms with Crippen molar-refractivity contribution in [2.75, 3.05) is 59.9 Å². The molecule has 3 atom stereocenters. The van der Waals surface area contributed by atoms with E-state index in [1.807, 2.05) is 28.8 Å². The Morgan fingerprint density at radius 2 is 1.93 bits per heavy atom. The molecule has 0 spiro atoms. The van der Waals surface area contributed by atoms with Crippen molar-refractivity contribution in [3.8, 4) is 0 Å². The van der Waals surface area contributed by atoms with Crippen molar-refractivity contribution in [2.24, 2.45) is 11.8 Å². The molecule has 2 N–H and O–H groups in total. The minimum Gasteiger partial charge on any atom is -0.354 e. The van der Waals surface area contributed by atoms with Crippen LogP contribution in [-0.4, -0.2) is 98.4 Å². The molecule has 10 heteroatoms. The topological polar surface area (TPSA) is 85.0 Å². The first-order valence-corrected chi connectivity index (χ1v) is 10.7. The molecule has 3 aliphatic rings. The Hall–Kier alpha value is -1.09. The first-order chi connectivity index (χ1) is 13.4. The van der Waals surface area contributed by atoms with Crippen LogP contribution in [-0.2, 0) is 14.4 Å². The number of carbonyl (C=O) groups is 3. The van der Waals surface area contributed by atoms with Gasteiger partial charge in [0.25, 0.3) is 0 Å². The lowest BCUT2D eigenvalue weighted by molar-refractivity contribution is -0.137. The average molecular weight is 466 g/mol. The number of rotatable bonds is 7. The van der Waals surface area contributed by atoms with E-state index in [0.29, 0.717) is 38.5 Å². The highest BCUT2D eigenvalue weighted by Crippen LogP contribution is 2.24. The highest BCUT2D eigenvalue weighted by molar-refractivity contribution is 5.89. The summed E-state index contributed by atoms with van der Waals surface area (Å²) in [6.45, 7) is 5.01. The average Bonchev–Trinajstić information content (AvgIpc) is 3.34. The molecule has 3 fully saturated rings. The van der Waals surface area contributed by atoms with E-state index in [9.17, 15) is 14.4 Å². The van der Waals surface area contributed by atoms with Crippen LogP contribution in [0.1, 0.15) is 32.1 Å². The molecule has 0 saturated carbocycles. The number of piperidine rings is 1. The lowest BCUT2D eigenvalue weighted by Gasteiger charge is -2.34. The van der Waals surface area contributed by atoms with E-state index in [-0.39, 0.29) is 54.5 Å². The molecule has 0 bridgehead atoms. The van der Waals surface area contributed by atoms with Crippen molar-refractivity contribution in [1.29, 1.82) is 0 Å². The van der Waals surface area contributed by atoms with E-state index < -0.39 is 0 Å². The zero-order valence-electron chi connectivity index (χ0n) is 18.1. The van der Waals surface area contributed by atoms with Crippen molar-refractivity contribution in [1.82, 2.24) is 25.3 Å². The smallest absolute Gasteiger partial charge is 0.237 e. The first kappa shape index (κ1) is 26.9. The fourth-order valence-electron chi connectivity index (χ4n) is 4.44. The van der Waals surface area contributed by atoms with Crippen LogP contribution in [0.5, 0.6) is 0 Å². The SMILES string of the molecule is CN(C)CCN1CC(C(=O)N2CCCC(CNC(=O)C3CCCN3)C2)CC1=O.Cl.Cl. The second-order valence-corrected chi connectivity index (χ2v) is 8.73. The number of hydrogen-bond donors (Lipinski definition) is 2. The highest BCUT2D eigenvalue weighted by Gasteiger charge is 2.37. The van der Waals surface area contributed by atoms with Gasteiger partial charge in [0, 0.05) is 45.7 Å². The largest absolute Gasteiger partial charge is 0.354 e. The molecule has 174 valence electrons. The van der Waals surface area contributed by atoms with Crippen LogP contribution >= 0.6 is 24.8 Å².